The average Bonchev–Trinajstić information content (AvgIpc) is 3.04. The number of piperidine rings is 1. The molecule has 0 saturated carbocycles. The van der Waals surface area contributed by atoms with Crippen LogP contribution >= 0.6 is 11.3 Å². The topological polar surface area (TPSA) is 82.2 Å². The Kier molecular flexibility index (Phi) is 5.57. The van der Waals surface area contributed by atoms with Gasteiger partial charge >= 0.3 is 0 Å². The first kappa shape index (κ1) is 20.2. The van der Waals surface area contributed by atoms with Gasteiger partial charge in [0.25, 0.3) is 11.5 Å². The third kappa shape index (κ3) is 3.88. The molecule has 2 aliphatic heterocycles. The van der Waals surface area contributed by atoms with Crippen molar-refractivity contribution in [2.24, 2.45) is 0 Å². The molecule has 2 aromatic heterocycles. The van der Waals surface area contributed by atoms with Crippen molar-refractivity contribution in [3.8, 4) is 0 Å². The van der Waals surface area contributed by atoms with Crippen LogP contribution in [0, 0.1) is 13.8 Å². The molecule has 2 aromatic rings. The summed E-state index contributed by atoms with van der Waals surface area (Å²) >= 11 is 1.44. The number of H-pyrrole nitrogens is 1. The maximum absolute atomic E-state index is 13.3. The quantitative estimate of drug-likeness (QED) is 0.833. The lowest BCUT2D eigenvalue weighted by Crippen LogP contribution is -2.42. The summed E-state index contributed by atoms with van der Waals surface area (Å²) in [6.45, 7) is 10.4. The predicted octanol–water partition coefficient (Wildman–Crippen LogP) is 2.98. The zero-order chi connectivity index (χ0) is 20.7. The Morgan fingerprint density at radius 1 is 1.21 bits per heavy atom. The molecule has 1 amide bonds. The molecule has 0 unspecified atom stereocenters. The van der Waals surface area contributed by atoms with Gasteiger partial charge in [-0.05, 0) is 53.4 Å². The number of thiazole rings is 1. The highest BCUT2D eigenvalue weighted by atomic mass is 32.1. The molecular weight excluding hydrogens is 386 g/mol. The zero-order valence-corrected chi connectivity index (χ0v) is 18.4. The molecule has 0 radical (unpaired) electrons. The number of fused-ring (bicyclic) bond motifs is 1. The predicted molar refractivity (Wildman–Crippen MR) is 113 cm³/mol. The van der Waals surface area contributed by atoms with Gasteiger partial charge in [0, 0.05) is 31.2 Å². The maximum atomic E-state index is 13.3. The molecule has 4 heterocycles. The molecule has 29 heavy (non-hydrogen) atoms. The molecule has 0 aromatic carbocycles. The third-order valence-electron chi connectivity index (χ3n) is 6.03. The number of aromatic amines is 1. The lowest BCUT2D eigenvalue weighted by atomic mass is 9.99. The number of carbonyl (C=O) groups is 1. The number of hydrogen-bond donors (Lipinski definition) is 1. The molecule has 0 bridgehead atoms. The van der Waals surface area contributed by atoms with E-state index >= 15 is 0 Å². The van der Waals surface area contributed by atoms with Crippen LogP contribution in [0.2, 0.25) is 0 Å². The summed E-state index contributed by atoms with van der Waals surface area (Å²) < 4.78 is 0. The van der Waals surface area contributed by atoms with Crippen molar-refractivity contribution >= 4 is 17.2 Å². The molecular formula is C21H29N5O2S. The molecule has 4 rings (SSSR count). The van der Waals surface area contributed by atoms with Crippen molar-refractivity contribution in [1.82, 2.24) is 24.8 Å². The van der Waals surface area contributed by atoms with Crippen molar-refractivity contribution in [3.63, 3.8) is 0 Å². The lowest BCUT2D eigenvalue weighted by Gasteiger charge is -2.36. The van der Waals surface area contributed by atoms with Gasteiger partial charge in [0.1, 0.15) is 10.7 Å². The normalized spacial score (nSPS) is 20.2. The highest BCUT2D eigenvalue weighted by Crippen LogP contribution is 2.32. The van der Waals surface area contributed by atoms with Crippen LogP contribution in [0.1, 0.15) is 76.6 Å². The van der Waals surface area contributed by atoms with E-state index < -0.39 is 0 Å². The van der Waals surface area contributed by atoms with Crippen molar-refractivity contribution in [1.29, 1.82) is 0 Å². The number of hydrogen-bond acceptors (Lipinski definition) is 6. The second-order valence-electron chi connectivity index (χ2n) is 8.35. The molecule has 1 atom stereocenters. The third-order valence-corrected chi connectivity index (χ3v) is 7.09. The van der Waals surface area contributed by atoms with Gasteiger partial charge in [0.15, 0.2) is 0 Å². The fourth-order valence-electron chi connectivity index (χ4n) is 4.40. The smallest absolute Gasteiger partial charge is 0.266 e. The van der Waals surface area contributed by atoms with E-state index in [1.165, 1.54) is 11.3 Å². The number of nitrogens with zero attached hydrogens (tertiary/aromatic N) is 4. The lowest BCUT2D eigenvalue weighted by molar-refractivity contribution is 0.0602. The molecule has 1 saturated heterocycles. The number of likely N-dealkylation sites (tertiary alicyclic amines) is 1. The number of aryl methyl sites for hydroxylation is 2. The minimum Gasteiger partial charge on any atom is -0.328 e. The van der Waals surface area contributed by atoms with E-state index in [-0.39, 0.29) is 17.5 Å². The monoisotopic (exact) mass is 415 g/mol. The van der Waals surface area contributed by atoms with Gasteiger partial charge in [-0.1, -0.05) is 0 Å². The standard InChI is InChI=1S/C21H29N5O2S/c1-12(2)25-10-8-15-16(11-25)23-19(24-20(15)27)17-7-5-6-9-26(17)21(28)18-13(3)22-14(4)29-18/h12,17H,5-11H2,1-4H3,(H,23,24,27)/t17-/m0/s1. The highest BCUT2D eigenvalue weighted by Gasteiger charge is 2.33. The van der Waals surface area contributed by atoms with E-state index in [4.69, 9.17) is 4.98 Å². The van der Waals surface area contributed by atoms with Crippen molar-refractivity contribution in [2.75, 3.05) is 13.1 Å². The Labute approximate surface area is 175 Å². The molecule has 7 nitrogen and oxygen atoms in total. The van der Waals surface area contributed by atoms with Crippen molar-refractivity contribution in [3.05, 3.63) is 43.0 Å². The zero-order valence-electron chi connectivity index (χ0n) is 17.6. The van der Waals surface area contributed by atoms with E-state index in [9.17, 15) is 9.59 Å². The van der Waals surface area contributed by atoms with Gasteiger partial charge in [-0.25, -0.2) is 9.97 Å². The summed E-state index contributed by atoms with van der Waals surface area (Å²) in [5.41, 5.74) is 2.40. The van der Waals surface area contributed by atoms with Crippen LogP contribution in [-0.4, -0.2) is 49.8 Å². The number of amides is 1. The van der Waals surface area contributed by atoms with Crippen LogP contribution in [0.4, 0.5) is 0 Å². The Bertz CT molecular complexity index is 980. The van der Waals surface area contributed by atoms with E-state index in [2.05, 4.69) is 28.7 Å². The SMILES string of the molecule is Cc1nc(C)c(C(=O)N2CCCC[C@H]2c2nc3c(c(=O)[nH]2)CCN(C(C)C)C3)s1. The fourth-order valence-corrected chi connectivity index (χ4v) is 5.27. The first-order valence-electron chi connectivity index (χ1n) is 10.5. The van der Waals surface area contributed by atoms with E-state index in [1.807, 2.05) is 18.7 Å². The molecule has 1 N–H and O–H groups in total. The Hall–Kier alpha value is -2.06. The number of nitrogens with one attached hydrogen (secondary N) is 1. The molecule has 156 valence electrons. The van der Waals surface area contributed by atoms with E-state index in [0.717, 1.165) is 54.2 Å². The fraction of sp³-hybridized carbons (Fsp3) is 0.619. The van der Waals surface area contributed by atoms with Gasteiger partial charge in [-0.15, -0.1) is 11.3 Å². The van der Waals surface area contributed by atoms with E-state index in [1.54, 1.807) is 0 Å². The number of aromatic nitrogens is 3. The highest BCUT2D eigenvalue weighted by molar-refractivity contribution is 7.13. The Morgan fingerprint density at radius 2 is 2.00 bits per heavy atom. The Morgan fingerprint density at radius 3 is 2.69 bits per heavy atom. The van der Waals surface area contributed by atoms with E-state index in [0.29, 0.717) is 29.8 Å². The molecule has 0 aliphatic carbocycles. The summed E-state index contributed by atoms with van der Waals surface area (Å²) in [5, 5.41) is 0.897. The first-order valence-corrected chi connectivity index (χ1v) is 11.3. The molecule has 1 fully saturated rings. The van der Waals surface area contributed by atoms with Crippen LogP contribution in [-0.2, 0) is 13.0 Å². The summed E-state index contributed by atoms with van der Waals surface area (Å²) in [5.74, 6) is 0.633. The summed E-state index contributed by atoms with van der Waals surface area (Å²) in [6.07, 6.45) is 3.53. The van der Waals surface area contributed by atoms with Crippen LogP contribution in [0.25, 0.3) is 0 Å². The van der Waals surface area contributed by atoms with Crippen LogP contribution in [0.3, 0.4) is 0 Å². The summed E-state index contributed by atoms with van der Waals surface area (Å²) in [7, 11) is 0. The van der Waals surface area contributed by atoms with Gasteiger partial charge in [-0.2, -0.15) is 0 Å². The second kappa shape index (κ2) is 7.99. The van der Waals surface area contributed by atoms with Gasteiger partial charge < -0.3 is 9.88 Å². The summed E-state index contributed by atoms with van der Waals surface area (Å²) in [4.78, 5) is 43.3. The molecule has 8 heteroatoms. The largest absolute Gasteiger partial charge is 0.328 e. The Balaban J connectivity index is 1.68. The van der Waals surface area contributed by atoms with Crippen molar-refractivity contribution < 1.29 is 4.79 Å². The van der Waals surface area contributed by atoms with Crippen LogP contribution < -0.4 is 5.56 Å². The van der Waals surface area contributed by atoms with Gasteiger partial charge in [0.05, 0.1) is 22.4 Å². The second-order valence-corrected chi connectivity index (χ2v) is 9.55. The maximum Gasteiger partial charge on any atom is 0.266 e. The molecule has 2 aliphatic rings. The minimum atomic E-state index is -0.189. The molecule has 0 spiro atoms. The van der Waals surface area contributed by atoms with Crippen molar-refractivity contribution in [2.45, 2.75) is 72.0 Å². The number of rotatable bonds is 3. The number of carbonyl (C=O) groups excluding carboxylic acids is 1. The minimum absolute atomic E-state index is 0.00183. The first-order chi connectivity index (χ1) is 13.8. The van der Waals surface area contributed by atoms with Crippen LogP contribution in [0.15, 0.2) is 4.79 Å². The van der Waals surface area contributed by atoms with Gasteiger partial charge in [0.2, 0.25) is 0 Å². The van der Waals surface area contributed by atoms with Crippen LogP contribution in [0.5, 0.6) is 0 Å². The summed E-state index contributed by atoms with van der Waals surface area (Å²) in [6, 6.07) is 0.225. The average molecular weight is 416 g/mol. The van der Waals surface area contributed by atoms with Gasteiger partial charge in [-0.3, -0.25) is 14.5 Å².